The van der Waals surface area contributed by atoms with Gasteiger partial charge in [-0.2, -0.15) is 0 Å². The van der Waals surface area contributed by atoms with Crippen LogP contribution in [0, 0.1) is 19.7 Å². The van der Waals surface area contributed by atoms with Crippen molar-refractivity contribution < 1.29 is 14.5 Å². The third kappa shape index (κ3) is 3.30. The molecule has 0 fully saturated rings. The molecule has 156 valence electrons. The summed E-state index contributed by atoms with van der Waals surface area (Å²) in [5.74, 6) is -0.857. The van der Waals surface area contributed by atoms with E-state index < -0.39 is 12.7 Å². The molecule has 4 aromatic rings. The van der Waals surface area contributed by atoms with E-state index in [-0.39, 0.29) is 17.4 Å². The van der Waals surface area contributed by atoms with Crippen LogP contribution in [0.2, 0.25) is 0 Å². The molecule has 0 radical (unpaired) electrons. The zero-order chi connectivity index (χ0) is 25.2. The van der Waals surface area contributed by atoms with E-state index in [1.807, 2.05) is 44.5 Å². The van der Waals surface area contributed by atoms with Crippen LogP contribution in [0.25, 0.3) is 33.3 Å². The molecular formula is C27H33N2O+. The van der Waals surface area contributed by atoms with Crippen molar-refractivity contribution in [2.24, 2.45) is 13.0 Å². The molecule has 0 amide bonds. The van der Waals surface area contributed by atoms with Gasteiger partial charge in [-0.1, -0.05) is 46.8 Å². The standard InChI is InChI=1S/C27H33N2O/c1-15(2)19(7)22-13-24(29(8)14-18(22)6)25-17(5)9-10-20-21-11-12-23(16(3)4)28-27(21)30-26(20)25/h9-16,19H,1-8H3/q+1/i6D3,19D. The first-order valence-corrected chi connectivity index (χ1v) is 10.6. The molecule has 3 aromatic heterocycles. The van der Waals surface area contributed by atoms with Crippen LogP contribution in [-0.2, 0) is 7.05 Å². The van der Waals surface area contributed by atoms with Gasteiger partial charge in [-0.15, -0.1) is 0 Å². The van der Waals surface area contributed by atoms with Crippen LogP contribution in [0.1, 0.15) is 74.3 Å². The number of furan rings is 1. The van der Waals surface area contributed by atoms with Crippen LogP contribution in [0.5, 0.6) is 0 Å². The molecule has 0 aliphatic rings. The van der Waals surface area contributed by atoms with Gasteiger partial charge in [-0.3, -0.25) is 0 Å². The molecule has 0 aliphatic carbocycles. The van der Waals surface area contributed by atoms with Gasteiger partial charge < -0.3 is 4.42 Å². The number of pyridine rings is 2. The summed E-state index contributed by atoms with van der Waals surface area (Å²) >= 11 is 0. The van der Waals surface area contributed by atoms with E-state index in [1.54, 1.807) is 13.1 Å². The minimum atomic E-state index is -2.32. The molecule has 1 aromatic carbocycles. The molecule has 3 heteroatoms. The molecule has 1 atom stereocenters. The summed E-state index contributed by atoms with van der Waals surface area (Å²) < 4.78 is 41.6. The lowest BCUT2D eigenvalue weighted by molar-refractivity contribution is -0.660. The lowest BCUT2D eigenvalue weighted by Crippen LogP contribution is -2.32. The maximum absolute atomic E-state index is 9.05. The highest BCUT2D eigenvalue weighted by atomic mass is 16.3. The predicted octanol–water partition coefficient (Wildman–Crippen LogP) is 6.97. The molecule has 0 spiro atoms. The highest BCUT2D eigenvalue weighted by Crippen LogP contribution is 2.38. The number of fused-ring (bicyclic) bond motifs is 3. The van der Waals surface area contributed by atoms with E-state index in [4.69, 9.17) is 14.9 Å². The molecule has 0 N–H and O–H groups in total. The Balaban J connectivity index is 2.07. The average Bonchev–Trinajstić information content (AvgIpc) is 3.10. The molecule has 4 rings (SSSR count). The van der Waals surface area contributed by atoms with Crippen molar-refractivity contribution in [3.05, 3.63) is 58.9 Å². The quantitative estimate of drug-likeness (QED) is 0.343. The lowest BCUT2D eigenvalue weighted by Gasteiger charge is -2.18. The minimum absolute atomic E-state index is 0.0732. The van der Waals surface area contributed by atoms with E-state index in [0.717, 1.165) is 38.9 Å². The van der Waals surface area contributed by atoms with Crippen molar-refractivity contribution in [2.75, 3.05) is 0 Å². The maximum Gasteiger partial charge on any atom is 0.227 e. The molecule has 0 bridgehead atoms. The zero-order valence-corrected chi connectivity index (χ0v) is 18.9. The molecule has 0 saturated carbocycles. The van der Waals surface area contributed by atoms with E-state index in [0.29, 0.717) is 11.3 Å². The summed E-state index contributed by atoms with van der Waals surface area (Å²) in [6.45, 7) is 9.60. The van der Waals surface area contributed by atoms with Crippen LogP contribution >= 0.6 is 0 Å². The Hall–Kier alpha value is -2.68. The number of hydrogen-bond acceptors (Lipinski definition) is 2. The summed E-state index contributed by atoms with van der Waals surface area (Å²) in [6.07, 6.45) is 1.66. The van der Waals surface area contributed by atoms with Crippen molar-refractivity contribution in [1.82, 2.24) is 4.98 Å². The summed E-state index contributed by atoms with van der Waals surface area (Å²) in [4.78, 5) is 4.75. The molecular weight excluding hydrogens is 368 g/mol. The second-order valence-electron chi connectivity index (χ2n) is 8.91. The van der Waals surface area contributed by atoms with Crippen molar-refractivity contribution in [3.8, 4) is 11.3 Å². The first-order chi connectivity index (χ1) is 15.7. The third-order valence-electron chi connectivity index (χ3n) is 6.15. The normalized spacial score (nSPS) is 16.6. The number of rotatable bonds is 4. The number of aryl methyl sites for hydroxylation is 3. The summed E-state index contributed by atoms with van der Waals surface area (Å²) in [7, 11) is 1.85. The molecule has 3 heterocycles. The number of aromatic nitrogens is 2. The minimum Gasteiger partial charge on any atom is -0.437 e. The van der Waals surface area contributed by atoms with E-state index in [2.05, 4.69) is 32.0 Å². The summed E-state index contributed by atoms with van der Waals surface area (Å²) in [6, 6.07) is 10.1. The van der Waals surface area contributed by atoms with Gasteiger partial charge in [0.2, 0.25) is 11.4 Å². The Morgan fingerprint density at radius 1 is 1.03 bits per heavy atom. The van der Waals surface area contributed by atoms with Crippen molar-refractivity contribution in [3.63, 3.8) is 0 Å². The second kappa shape index (κ2) is 7.54. The van der Waals surface area contributed by atoms with Gasteiger partial charge in [0.1, 0.15) is 7.05 Å². The molecule has 0 aliphatic heterocycles. The van der Waals surface area contributed by atoms with Crippen LogP contribution in [-0.4, -0.2) is 4.98 Å². The molecule has 1 unspecified atom stereocenters. The highest BCUT2D eigenvalue weighted by molar-refractivity contribution is 6.08. The lowest BCUT2D eigenvalue weighted by atomic mass is 9.87. The fraction of sp³-hybridized carbons (Fsp3) is 0.407. The average molecular weight is 406 g/mol. The van der Waals surface area contributed by atoms with E-state index >= 15 is 0 Å². The van der Waals surface area contributed by atoms with Crippen molar-refractivity contribution in [2.45, 2.75) is 60.2 Å². The zero-order valence-electron chi connectivity index (χ0n) is 22.9. The van der Waals surface area contributed by atoms with Crippen molar-refractivity contribution in [1.29, 1.82) is 0 Å². The van der Waals surface area contributed by atoms with Crippen LogP contribution in [0.3, 0.4) is 0 Å². The van der Waals surface area contributed by atoms with Gasteiger partial charge in [0.15, 0.2) is 11.8 Å². The number of benzene rings is 1. The Morgan fingerprint density at radius 2 is 1.77 bits per heavy atom. The van der Waals surface area contributed by atoms with Crippen molar-refractivity contribution >= 4 is 22.1 Å². The first kappa shape index (κ1) is 16.1. The number of nitrogens with zero attached hydrogens (tertiary/aromatic N) is 2. The Labute approximate surface area is 185 Å². The highest BCUT2D eigenvalue weighted by Gasteiger charge is 2.24. The van der Waals surface area contributed by atoms with Gasteiger partial charge in [0.05, 0.1) is 5.56 Å². The Bertz CT molecular complexity index is 1400. The molecule has 30 heavy (non-hydrogen) atoms. The van der Waals surface area contributed by atoms with Gasteiger partial charge in [-0.05, 0) is 54.8 Å². The fourth-order valence-corrected chi connectivity index (χ4v) is 4.01. The van der Waals surface area contributed by atoms with E-state index in [1.165, 1.54) is 0 Å². The smallest absolute Gasteiger partial charge is 0.227 e. The van der Waals surface area contributed by atoms with Gasteiger partial charge in [0, 0.05) is 33.6 Å². The molecule has 3 nitrogen and oxygen atoms in total. The van der Waals surface area contributed by atoms with E-state index in [9.17, 15) is 0 Å². The van der Waals surface area contributed by atoms with Crippen LogP contribution in [0.15, 0.2) is 40.9 Å². The summed E-state index contributed by atoms with van der Waals surface area (Å²) in [5, 5.41) is 1.92. The maximum atomic E-state index is 9.05. The SMILES string of the molecule is [2H]C([2H])([2H])c1c[n+](C)c(-c2c(C)ccc3c2oc2nc(C(C)C)ccc23)cc1C([2H])(C)C(C)C. The van der Waals surface area contributed by atoms with Gasteiger partial charge in [-0.25, -0.2) is 9.55 Å². The monoisotopic (exact) mass is 405 g/mol. The fourth-order valence-electron chi connectivity index (χ4n) is 4.01. The Morgan fingerprint density at radius 3 is 2.43 bits per heavy atom. The summed E-state index contributed by atoms with van der Waals surface area (Å²) in [5.41, 5.74) is 5.74. The Kier molecular flexibility index (Phi) is 4.04. The largest absolute Gasteiger partial charge is 0.437 e. The number of hydrogen-bond donors (Lipinski definition) is 0. The van der Waals surface area contributed by atoms with Gasteiger partial charge in [0.25, 0.3) is 0 Å². The first-order valence-electron chi connectivity index (χ1n) is 12.6. The van der Waals surface area contributed by atoms with Crippen LogP contribution in [0.4, 0.5) is 0 Å². The van der Waals surface area contributed by atoms with Gasteiger partial charge >= 0.3 is 0 Å². The second-order valence-corrected chi connectivity index (χ2v) is 8.91. The molecule has 0 saturated heterocycles. The topological polar surface area (TPSA) is 29.9 Å². The predicted molar refractivity (Wildman–Crippen MR) is 125 cm³/mol. The third-order valence-corrected chi connectivity index (χ3v) is 6.15. The van der Waals surface area contributed by atoms with Crippen LogP contribution < -0.4 is 4.57 Å².